The zero-order chi connectivity index (χ0) is 19.8. The van der Waals surface area contributed by atoms with E-state index in [1.807, 2.05) is 44.2 Å². The van der Waals surface area contributed by atoms with Crippen LogP contribution in [0.3, 0.4) is 0 Å². The molecule has 28 heavy (non-hydrogen) atoms. The van der Waals surface area contributed by atoms with E-state index in [1.54, 1.807) is 30.5 Å². The topological polar surface area (TPSA) is 60.5 Å². The smallest absolute Gasteiger partial charge is 0.252 e. The summed E-state index contributed by atoms with van der Waals surface area (Å²) < 4.78 is 11.3. The number of hydrogen-bond donors (Lipinski definition) is 1. The Labute approximate surface area is 164 Å². The molecule has 0 spiro atoms. The molecule has 0 saturated heterocycles. The second kappa shape index (κ2) is 9.43. The van der Waals surface area contributed by atoms with Crippen molar-refractivity contribution in [3.05, 3.63) is 66.4 Å². The number of nitrogens with one attached hydrogen (secondary N) is 1. The molecule has 2 aromatic carbocycles. The highest BCUT2D eigenvalue weighted by molar-refractivity contribution is 5.94. The Morgan fingerprint density at radius 3 is 2.64 bits per heavy atom. The van der Waals surface area contributed by atoms with Crippen LogP contribution in [0.25, 0.3) is 10.9 Å². The van der Waals surface area contributed by atoms with Crippen LogP contribution in [-0.2, 0) is 0 Å². The Hall–Kier alpha value is -3.52. The van der Waals surface area contributed by atoms with Gasteiger partial charge < -0.3 is 14.8 Å². The third-order valence-corrected chi connectivity index (χ3v) is 3.85. The number of amides is 1. The largest absolute Gasteiger partial charge is 0.491 e. The van der Waals surface area contributed by atoms with Gasteiger partial charge in [-0.2, -0.15) is 0 Å². The molecule has 5 heteroatoms. The van der Waals surface area contributed by atoms with Gasteiger partial charge in [0.25, 0.3) is 5.91 Å². The van der Waals surface area contributed by atoms with Crippen LogP contribution in [-0.4, -0.2) is 30.1 Å². The van der Waals surface area contributed by atoms with Crippen LogP contribution in [0.4, 0.5) is 0 Å². The van der Waals surface area contributed by atoms with Crippen LogP contribution in [0.15, 0.2) is 60.8 Å². The number of para-hydroxylation sites is 1. The minimum Gasteiger partial charge on any atom is -0.491 e. The lowest BCUT2D eigenvalue weighted by Crippen LogP contribution is -2.23. The quantitative estimate of drug-likeness (QED) is 0.666. The summed E-state index contributed by atoms with van der Waals surface area (Å²) in [5.41, 5.74) is 1.38. The summed E-state index contributed by atoms with van der Waals surface area (Å²) in [7, 11) is 0. The molecule has 0 aliphatic carbocycles. The zero-order valence-electron chi connectivity index (χ0n) is 15.9. The highest BCUT2D eigenvalue weighted by atomic mass is 16.5. The maximum Gasteiger partial charge on any atom is 0.252 e. The highest BCUT2D eigenvalue weighted by Gasteiger charge is 2.05. The van der Waals surface area contributed by atoms with Crippen LogP contribution < -0.4 is 14.8 Å². The van der Waals surface area contributed by atoms with Gasteiger partial charge in [-0.05, 0) is 50.2 Å². The Morgan fingerprint density at radius 2 is 1.86 bits per heavy atom. The number of carbonyl (C=O) groups excluding carboxylic acids is 1. The Bertz CT molecular complexity index is 996. The van der Waals surface area contributed by atoms with Gasteiger partial charge in [0.05, 0.1) is 12.6 Å². The number of fused-ring (bicyclic) bond motifs is 1. The third kappa shape index (κ3) is 5.24. The van der Waals surface area contributed by atoms with Crippen molar-refractivity contribution in [3.63, 3.8) is 0 Å². The minimum atomic E-state index is -0.176. The fraction of sp³-hybridized carbons (Fsp3) is 0.217. The average Bonchev–Trinajstić information content (AvgIpc) is 2.70. The SMILES string of the molecule is CC(C)Oc1ccc(C(=O)NCC#CCOc2cccc3cccnc23)cc1. The third-order valence-electron chi connectivity index (χ3n) is 3.85. The van der Waals surface area contributed by atoms with Crippen LogP contribution in [0.5, 0.6) is 11.5 Å². The molecule has 0 radical (unpaired) electrons. The first-order valence-electron chi connectivity index (χ1n) is 9.10. The molecule has 0 saturated carbocycles. The molecule has 3 aromatic rings. The maximum atomic E-state index is 12.1. The molecule has 0 atom stereocenters. The number of hydrogen-bond acceptors (Lipinski definition) is 4. The molecule has 5 nitrogen and oxygen atoms in total. The zero-order valence-corrected chi connectivity index (χ0v) is 15.9. The summed E-state index contributed by atoms with van der Waals surface area (Å²) in [5.74, 6) is 7.05. The number of benzene rings is 2. The summed E-state index contributed by atoms with van der Waals surface area (Å²) in [5, 5.41) is 3.78. The molecule has 1 aromatic heterocycles. The minimum absolute atomic E-state index is 0.0989. The predicted octanol–water partition coefficient (Wildman–Crippen LogP) is 3.83. The summed E-state index contributed by atoms with van der Waals surface area (Å²) in [6, 6.07) is 16.7. The van der Waals surface area contributed by atoms with E-state index in [0.717, 1.165) is 16.7 Å². The Morgan fingerprint density at radius 1 is 1.07 bits per heavy atom. The molecule has 0 aliphatic rings. The van der Waals surface area contributed by atoms with Crippen molar-refractivity contribution < 1.29 is 14.3 Å². The van der Waals surface area contributed by atoms with E-state index in [4.69, 9.17) is 9.47 Å². The highest BCUT2D eigenvalue weighted by Crippen LogP contribution is 2.22. The Balaban J connectivity index is 1.46. The summed E-state index contributed by atoms with van der Waals surface area (Å²) in [6.45, 7) is 4.40. The number of ether oxygens (including phenoxy) is 2. The Kier molecular flexibility index (Phi) is 6.48. The molecule has 0 aliphatic heterocycles. The van der Waals surface area contributed by atoms with Gasteiger partial charge in [-0.1, -0.05) is 30.0 Å². The lowest BCUT2D eigenvalue weighted by molar-refractivity contribution is 0.0958. The maximum absolute atomic E-state index is 12.1. The van der Waals surface area contributed by atoms with E-state index >= 15 is 0 Å². The van der Waals surface area contributed by atoms with Crippen molar-refractivity contribution in [1.29, 1.82) is 0 Å². The van der Waals surface area contributed by atoms with Gasteiger partial charge in [-0.25, -0.2) is 0 Å². The summed E-state index contributed by atoms with van der Waals surface area (Å²) in [4.78, 5) is 16.5. The van der Waals surface area contributed by atoms with Gasteiger partial charge in [-0.15, -0.1) is 0 Å². The normalized spacial score (nSPS) is 10.2. The standard InChI is InChI=1S/C23H22N2O3/c1-17(2)28-20-12-10-19(11-13-20)23(26)25-14-3-4-16-27-21-9-5-7-18-8-6-15-24-22(18)21/h5-13,15,17H,14,16H2,1-2H3,(H,25,26). The fourth-order valence-corrected chi connectivity index (χ4v) is 2.60. The number of rotatable bonds is 6. The summed E-state index contributed by atoms with van der Waals surface area (Å²) >= 11 is 0. The second-order valence-electron chi connectivity index (χ2n) is 6.35. The molecule has 142 valence electrons. The lowest BCUT2D eigenvalue weighted by Gasteiger charge is -2.09. The van der Waals surface area contributed by atoms with Crippen molar-refractivity contribution in [2.75, 3.05) is 13.2 Å². The molecule has 0 unspecified atom stereocenters. The van der Waals surface area contributed by atoms with Crippen LogP contribution in [0, 0.1) is 11.8 Å². The molecule has 1 amide bonds. The van der Waals surface area contributed by atoms with Crippen LogP contribution in [0.1, 0.15) is 24.2 Å². The molecule has 3 rings (SSSR count). The van der Waals surface area contributed by atoms with E-state index < -0.39 is 0 Å². The molecule has 0 fully saturated rings. The van der Waals surface area contributed by atoms with E-state index in [1.165, 1.54) is 0 Å². The van der Waals surface area contributed by atoms with Crippen molar-refractivity contribution in [2.45, 2.75) is 20.0 Å². The van der Waals surface area contributed by atoms with Gasteiger partial charge in [0.2, 0.25) is 0 Å². The van der Waals surface area contributed by atoms with Crippen molar-refractivity contribution in [3.8, 4) is 23.3 Å². The molecule has 1 N–H and O–H groups in total. The van der Waals surface area contributed by atoms with Crippen LogP contribution >= 0.6 is 0 Å². The van der Waals surface area contributed by atoms with Crippen LogP contribution in [0.2, 0.25) is 0 Å². The van der Waals surface area contributed by atoms with E-state index in [2.05, 4.69) is 22.1 Å². The number of nitrogens with zero attached hydrogens (tertiary/aromatic N) is 1. The van der Waals surface area contributed by atoms with Gasteiger partial charge in [0.15, 0.2) is 0 Å². The molecule has 0 bridgehead atoms. The number of pyridine rings is 1. The van der Waals surface area contributed by atoms with Gasteiger partial charge >= 0.3 is 0 Å². The van der Waals surface area contributed by atoms with Gasteiger partial charge in [-0.3, -0.25) is 9.78 Å². The summed E-state index contributed by atoms with van der Waals surface area (Å²) in [6.07, 6.45) is 1.83. The van der Waals surface area contributed by atoms with Gasteiger partial charge in [0.1, 0.15) is 23.6 Å². The number of carbonyl (C=O) groups is 1. The molecular formula is C23H22N2O3. The van der Waals surface area contributed by atoms with Gasteiger partial charge in [0, 0.05) is 17.1 Å². The molecular weight excluding hydrogens is 352 g/mol. The average molecular weight is 374 g/mol. The molecule has 1 heterocycles. The van der Waals surface area contributed by atoms with E-state index in [0.29, 0.717) is 11.3 Å². The monoisotopic (exact) mass is 374 g/mol. The predicted molar refractivity (Wildman–Crippen MR) is 110 cm³/mol. The lowest BCUT2D eigenvalue weighted by atomic mass is 10.2. The van der Waals surface area contributed by atoms with Crippen molar-refractivity contribution in [2.24, 2.45) is 0 Å². The second-order valence-corrected chi connectivity index (χ2v) is 6.35. The van der Waals surface area contributed by atoms with E-state index in [-0.39, 0.29) is 25.2 Å². The first-order chi connectivity index (χ1) is 13.6. The van der Waals surface area contributed by atoms with Crippen molar-refractivity contribution in [1.82, 2.24) is 10.3 Å². The van der Waals surface area contributed by atoms with Crippen molar-refractivity contribution >= 4 is 16.8 Å². The van der Waals surface area contributed by atoms with E-state index in [9.17, 15) is 4.79 Å². The fourth-order valence-electron chi connectivity index (χ4n) is 2.60. The number of aromatic nitrogens is 1. The first kappa shape index (κ1) is 19.2. The first-order valence-corrected chi connectivity index (χ1v) is 9.10.